The minimum atomic E-state index is -4.25. The van der Waals surface area contributed by atoms with Crippen LogP contribution in [0.1, 0.15) is 38.5 Å². The lowest BCUT2D eigenvalue weighted by molar-refractivity contribution is -0.139. The monoisotopic (exact) mass is 396 g/mol. The van der Waals surface area contributed by atoms with Gasteiger partial charge in [-0.2, -0.15) is 13.2 Å². The number of fused-ring (bicyclic) bond motifs is 1. The maximum Gasteiger partial charge on any atom is 0.406 e. The molecule has 0 unspecified atom stereocenters. The van der Waals surface area contributed by atoms with Crippen LogP contribution in [0.2, 0.25) is 0 Å². The summed E-state index contributed by atoms with van der Waals surface area (Å²) in [6, 6.07) is 6.96. The van der Waals surface area contributed by atoms with Gasteiger partial charge in [-0.3, -0.25) is 0 Å². The Hall–Kier alpha value is -1.73. The number of nitrogens with zero attached hydrogens (tertiary/aromatic N) is 2. The number of aliphatic hydroxyl groups is 1. The summed E-state index contributed by atoms with van der Waals surface area (Å²) in [6.07, 6.45) is 2.97. The van der Waals surface area contributed by atoms with Gasteiger partial charge in [0.05, 0.1) is 11.1 Å². The Morgan fingerprint density at radius 3 is 2.50 bits per heavy atom. The normalized spacial score (nSPS) is 21.4. The van der Waals surface area contributed by atoms with Crippen molar-refractivity contribution in [3.8, 4) is 5.75 Å². The minimum Gasteiger partial charge on any atom is -0.490 e. The fraction of sp³-hybridized carbons (Fsp3) is 0.619. The molecule has 2 aromatic rings. The van der Waals surface area contributed by atoms with E-state index in [9.17, 15) is 18.3 Å². The highest BCUT2D eigenvalue weighted by atomic mass is 19.4. The summed E-state index contributed by atoms with van der Waals surface area (Å²) >= 11 is 0. The van der Waals surface area contributed by atoms with Gasteiger partial charge in [0.2, 0.25) is 0 Å². The molecule has 1 aromatic heterocycles. The third-order valence-electron chi connectivity index (χ3n) is 6.00. The van der Waals surface area contributed by atoms with Crippen molar-refractivity contribution < 1.29 is 23.0 Å². The maximum absolute atomic E-state index is 12.8. The van der Waals surface area contributed by atoms with E-state index in [1.165, 1.54) is 10.8 Å². The van der Waals surface area contributed by atoms with Crippen molar-refractivity contribution in [1.82, 2.24) is 9.47 Å². The number of ether oxygens (including phenoxy) is 1. The zero-order valence-electron chi connectivity index (χ0n) is 15.9. The van der Waals surface area contributed by atoms with E-state index in [-0.39, 0.29) is 6.10 Å². The summed E-state index contributed by atoms with van der Waals surface area (Å²) in [5, 5.41) is 11.3. The Kier molecular flexibility index (Phi) is 5.31. The molecule has 0 bridgehead atoms. The van der Waals surface area contributed by atoms with Gasteiger partial charge in [-0.15, -0.1) is 0 Å². The summed E-state index contributed by atoms with van der Waals surface area (Å²) in [4.78, 5) is 2.31. The number of halogens is 3. The molecule has 1 saturated carbocycles. The van der Waals surface area contributed by atoms with E-state index in [0.29, 0.717) is 11.3 Å². The molecule has 0 radical (unpaired) electrons. The van der Waals surface area contributed by atoms with Crippen molar-refractivity contribution in [3.63, 3.8) is 0 Å². The number of hydrogen-bond donors (Lipinski definition) is 1. The molecule has 1 aliphatic heterocycles. The molecule has 4 rings (SSSR count). The number of piperidine rings is 1. The van der Waals surface area contributed by atoms with Gasteiger partial charge in [0.25, 0.3) is 0 Å². The number of β-amino-alcohol motifs (C(OH)–C–C–N with tert-alkyl or cyclic N) is 1. The van der Waals surface area contributed by atoms with E-state index < -0.39 is 18.3 Å². The molecule has 1 N–H and O–H groups in total. The highest BCUT2D eigenvalue weighted by molar-refractivity contribution is 5.86. The second-order valence-electron chi connectivity index (χ2n) is 8.27. The first-order valence-electron chi connectivity index (χ1n) is 10.1. The van der Waals surface area contributed by atoms with E-state index in [1.54, 1.807) is 18.2 Å². The number of benzene rings is 1. The zero-order valence-corrected chi connectivity index (χ0v) is 15.9. The average molecular weight is 396 g/mol. The first-order valence-corrected chi connectivity index (χ1v) is 10.1. The van der Waals surface area contributed by atoms with E-state index in [2.05, 4.69) is 4.90 Å². The summed E-state index contributed by atoms with van der Waals surface area (Å²) < 4.78 is 45.7. The maximum atomic E-state index is 12.8. The van der Waals surface area contributed by atoms with Crippen LogP contribution in [-0.2, 0) is 6.54 Å². The Morgan fingerprint density at radius 1 is 1.11 bits per heavy atom. The molecule has 7 heteroatoms. The first-order chi connectivity index (χ1) is 13.3. The molecule has 1 saturated heterocycles. The Bertz CT molecular complexity index is 804. The Morgan fingerprint density at radius 2 is 1.82 bits per heavy atom. The van der Waals surface area contributed by atoms with Crippen LogP contribution in [0.4, 0.5) is 13.2 Å². The highest BCUT2D eigenvalue weighted by Crippen LogP contribution is 2.33. The van der Waals surface area contributed by atoms with Crippen molar-refractivity contribution in [2.75, 3.05) is 19.6 Å². The molecule has 0 amide bonds. The van der Waals surface area contributed by atoms with E-state index in [0.717, 1.165) is 63.5 Å². The van der Waals surface area contributed by atoms with Crippen LogP contribution < -0.4 is 4.74 Å². The van der Waals surface area contributed by atoms with Gasteiger partial charge in [-0.05, 0) is 43.9 Å². The molecule has 0 atom stereocenters. The summed E-state index contributed by atoms with van der Waals surface area (Å²) in [5.74, 6) is 0.645. The molecule has 4 nitrogen and oxygen atoms in total. The van der Waals surface area contributed by atoms with Gasteiger partial charge in [0, 0.05) is 31.2 Å². The van der Waals surface area contributed by atoms with Crippen LogP contribution in [0.5, 0.6) is 5.75 Å². The van der Waals surface area contributed by atoms with Crippen LogP contribution in [-0.4, -0.2) is 52.1 Å². The van der Waals surface area contributed by atoms with Gasteiger partial charge in [-0.25, -0.2) is 0 Å². The standard InChI is InChI=1S/C21H27F3N2O2/c22-21(23,24)15-26-13-8-17-18(26)4-3-5-19(17)28-16-6-11-25(12-7-16)14-20(27)9-1-2-10-20/h3-5,8,13,16,27H,1-2,6-7,9-12,14-15H2. The topological polar surface area (TPSA) is 37.6 Å². The molecule has 1 aliphatic carbocycles. The first kappa shape index (κ1) is 19.6. The van der Waals surface area contributed by atoms with Crippen LogP contribution in [0.25, 0.3) is 10.9 Å². The molecule has 1 aromatic carbocycles. The summed E-state index contributed by atoms with van der Waals surface area (Å²) in [6.45, 7) is 1.48. The Labute approximate surface area is 162 Å². The van der Waals surface area contributed by atoms with Gasteiger partial charge < -0.3 is 19.3 Å². The van der Waals surface area contributed by atoms with Gasteiger partial charge >= 0.3 is 6.18 Å². The molecule has 2 heterocycles. The van der Waals surface area contributed by atoms with Gasteiger partial charge in [-0.1, -0.05) is 18.9 Å². The number of likely N-dealkylation sites (tertiary alicyclic amines) is 1. The predicted octanol–water partition coefficient (Wildman–Crippen LogP) is 4.35. The molecular weight excluding hydrogens is 369 g/mol. The lowest BCUT2D eigenvalue weighted by atomic mass is 9.99. The quantitative estimate of drug-likeness (QED) is 0.817. The minimum absolute atomic E-state index is 0.0473. The SMILES string of the molecule is OC1(CN2CCC(Oc3cccc4c3ccn4CC(F)(F)F)CC2)CCCC1. The largest absolute Gasteiger partial charge is 0.490 e. The lowest BCUT2D eigenvalue weighted by Gasteiger charge is -2.36. The second kappa shape index (κ2) is 7.59. The summed E-state index contributed by atoms with van der Waals surface area (Å²) in [7, 11) is 0. The number of alkyl halides is 3. The Balaban J connectivity index is 1.38. The van der Waals surface area contributed by atoms with Crippen LogP contribution in [0, 0.1) is 0 Å². The van der Waals surface area contributed by atoms with Crippen molar-refractivity contribution >= 4 is 10.9 Å². The zero-order chi connectivity index (χ0) is 19.8. The van der Waals surface area contributed by atoms with E-state index >= 15 is 0 Å². The molecule has 2 aliphatic rings. The molecule has 154 valence electrons. The van der Waals surface area contributed by atoms with E-state index in [1.807, 2.05) is 6.07 Å². The third kappa shape index (κ3) is 4.46. The van der Waals surface area contributed by atoms with Gasteiger partial charge in [0.1, 0.15) is 18.4 Å². The number of rotatable bonds is 5. The molecule has 28 heavy (non-hydrogen) atoms. The summed E-state index contributed by atoms with van der Waals surface area (Å²) in [5.41, 5.74) is 0.0106. The lowest BCUT2D eigenvalue weighted by Crippen LogP contribution is -2.46. The molecule has 2 fully saturated rings. The van der Waals surface area contributed by atoms with Crippen molar-refractivity contribution in [1.29, 1.82) is 0 Å². The van der Waals surface area contributed by atoms with Crippen LogP contribution >= 0.6 is 0 Å². The molecule has 0 spiro atoms. The van der Waals surface area contributed by atoms with E-state index in [4.69, 9.17) is 4.74 Å². The smallest absolute Gasteiger partial charge is 0.406 e. The highest BCUT2D eigenvalue weighted by Gasteiger charge is 2.34. The number of hydrogen-bond acceptors (Lipinski definition) is 3. The van der Waals surface area contributed by atoms with Gasteiger partial charge in [0.15, 0.2) is 0 Å². The van der Waals surface area contributed by atoms with Crippen LogP contribution in [0.15, 0.2) is 30.5 Å². The van der Waals surface area contributed by atoms with Crippen molar-refractivity contribution in [3.05, 3.63) is 30.5 Å². The van der Waals surface area contributed by atoms with Crippen molar-refractivity contribution in [2.24, 2.45) is 0 Å². The molecular formula is C21H27F3N2O2. The van der Waals surface area contributed by atoms with Crippen molar-refractivity contribution in [2.45, 2.75) is 63.0 Å². The fourth-order valence-corrected chi connectivity index (χ4v) is 4.60. The predicted molar refractivity (Wildman–Crippen MR) is 102 cm³/mol. The third-order valence-corrected chi connectivity index (χ3v) is 6.00. The van der Waals surface area contributed by atoms with Crippen LogP contribution in [0.3, 0.4) is 0 Å². The average Bonchev–Trinajstić information content (AvgIpc) is 3.23. The fourth-order valence-electron chi connectivity index (χ4n) is 4.60. The second-order valence-corrected chi connectivity index (χ2v) is 8.27. The number of aromatic nitrogens is 1.